The summed E-state index contributed by atoms with van der Waals surface area (Å²) in [4.78, 5) is 0.392. The summed E-state index contributed by atoms with van der Waals surface area (Å²) < 4.78 is 11.0. The summed E-state index contributed by atoms with van der Waals surface area (Å²) in [7, 11) is 0. The van der Waals surface area contributed by atoms with E-state index in [1.807, 2.05) is 0 Å². The summed E-state index contributed by atoms with van der Waals surface area (Å²) >= 11 is 6.85. The van der Waals surface area contributed by atoms with Gasteiger partial charge in [-0.3, -0.25) is 0 Å². The molecule has 0 amide bonds. The largest absolute Gasteiger partial charge is 0.353 e. The van der Waals surface area contributed by atoms with Gasteiger partial charge in [0.05, 0.1) is 6.61 Å². The molecule has 0 aliphatic carbocycles. The van der Waals surface area contributed by atoms with Crippen LogP contribution in [-0.2, 0) is 9.47 Å². The first-order chi connectivity index (χ1) is 5.83. The highest BCUT2D eigenvalue weighted by atomic mass is 79.9. The van der Waals surface area contributed by atoms with Crippen molar-refractivity contribution in [2.75, 3.05) is 18.5 Å². The first-order valence-corrected chi connectivity index (χ1v) is 6.30. The Hall–Kier alpha value is 0.880. The van der Waals surface area contributed by atoms with Crippen molar-refractivity contribution in [3.8, 4) is 0 Å². The highest BCUT2D eigenvalue weighted by Crippen LogP contribution is 2.15. The molecule has 1 aliphatic rings. The van der Waals surface area contributed by atoms with E-state index in [2.05, 4.69) is 31.9 Å². The zero-order valence-electron chi connectivity index (χ0n) is 6.97. The molecule has 2 atom stereocenters. The van der Waals surface area contributed by atoms with Gasteiger partial charge in [-0.1, -0.05) is 31.9 Å². The lowest BCUT2D eigenvalue weighted by Gasteiger charge is -2.23. The smallest absolute Gasteiger partial charge is 0.157 e. The predicted molar refractivity (Wildman–Crippen MR) is 56.1 cm³/mol. The molecule has 2 unspecified atom stereocenters. The number of hydrogen-bond donors (Lipinski definition) is 0. The van der Waals surface area contributed by atoms with Gasteiger partial charge in [-0.15, -0.1) is 0 Å². The van der Waals surface area contributed by atoms with Crippen molar-refractivity contribution in [3.63, 3.8) is 0 Å². The Labute approximate surface area is 90.3 Å². The number of alkyl halides is 2. The lowest BCUT2D eigenvalue weighted by Crippen LogP contribution is -2.25. The molecule has 1 aliphatic heterocycles. The second-order valence-corrected chi connectivity index (χ2v) is 4.82. The fourth-order valence-electron chi connectivity index (χ4n) is 1.10. The van der Waals surface area contributed by atoms with E-state index in [1.54, 1.807) is 0 Å². The van der Waals surface area contributed by atoms with E-state index >= 15 is 0 Å². The van der Waals surface area contributed by atoms with Gasteiger partial charge >= 0.3 is 0 Å². The van der Waals surface area contributed by atoms with Crippen molar-refractivity contribution in [3.05, 3.63) is 0 Å². The van der Waals surface area contributed by atoms with E-state index < -0.39 is 0 Å². The van der Waals surface area contributed by atoms with Crippen LogP contribution in [0, 0.1) is 0 Å². The van der Waals surface area contributed by atoms with Crippen LogP contribution in [0.5, 0.6) is 0 Å². The molecule has 2 nitrogen and oxygen atoms in total. The number of ether oxygens (including phenoxy) is 2. The third kappa shape index (κ3) is 4.21. The Bertz CT molecular complexity index is 116. The third-order valence-corrected chi connectivity index (χ3v) is 4.01. The minimum absolute atomic E-state index is 0.0397. The van der Waals surface area contributed by atoms with Gasteiger partial charge in [0.15, 0.2) is 6.29 Å². The standard InChI is InChI=1S/C8H14Br2O2/c9-5-7(10)6-12-8-3-1-2-4-11-8/h7-8H,1-6H2. The second kappa shape index (κ2) is 6.35. The topological polar surface area (TPSA) is 18.5 Å². The number of rotatable bonds is 4. The summed E-state index contributed by atoms with van der Waals surface area (Å²) in [6, 6.07) is 0. The molecule has 0 aromatic carbocycles. The van der Waals surface area contributed by atoms with Gasteiger partial charge in [0.25, 0.3) is 0 Å². The second-order valence-electron chi connectivity index (χ2n) is 2.88. The van der Waals surface area contributed by atoms with E-state index in [1.165, 1.54) is 12.8 Å². The van der Waals surface area contributed by atoms with Crippen LogP contribution in [0.25, 0.3) is 0 Å². The fraction of sp³-hybridized carbons (Fsp3) is 1.00. The van der Waals surface area contributed by atoms with E-state index in [0.29, 0.717) is 4.83 Å². The van der Waals surface area contributed by atoms with Crippen LogP contribution in [0.15, 0.2) is 0 Å². The maximum atomic E-state index is 5.54. The van der Waals surface area contributed by atoms with Crippen molar-refractivity contribution < 1.29 is 9.47 Å². The van der Waals surface area contributed by atoms with Crippen LogP contribution in [0.3, 0.4) is 0 Å². The molecule has 0 saturated carbocycles. The third-order valence-electron chi connectivity index (χ3n) is 1.77. The predicted octanol–water partition coefficient (Wildman–Crippen LogP) is 2.69. The number of hydrogen-bond acceptors (Lipinski definition) is 2. The summed E-state index contributed by atoms with van der Waals surface area (Å²) in [5, 5.41) is 0.916. The summed E-state index contributed by atoms with van der Waals surface area (Å²) in [6.45, 7) is 1.57. The highest BCUT2D eigenvalue weighted by Gasteiger charge is 2.15. The zero-order valence-corrected chi connectivity index (χ0v) is 10.1. The van der Waals surface area contributed by atoms with Gasteiger partial charge in [-0.2, -0.15) is 0 Å². The molecule has 0 aromatic heterocycles. The van der Waals surface area contributed by atoms with E-state index in [4.69, 9.17) is 9.47 Å². The van der Waals surface area contributed by atoms with E-state index in [0.717, 1.165) is 25.0 Å². The molecule has 72 valence electrons. The molecule has 0 N–H and O–H groups in total. The molecular weight excluding hydrogens is 288 g/mol. The molecule has 4 heteroatoms. The monoisotopic (exact) mass is 300 g/mol. The maximum Gasteiger partial charge on any atom is 0.157 e. The van der Waals surface area contributed by atoms with Crippen LogP contribution >= 0.6 is 31.9 Å². The van der Waals surface area contributed by atoms with Crippen LogP contribution < -0.4 is 0 Å². The van der Waals surface area contributed by atoms with Gasteiger partial charge < -0.3 is 9.47 Å². The Morgan fingerprint density at radius 2 is 2.33 bits per heavy atom. The van der Waals surface area contributed by atoms with Crippen LogP contribution in [-0.4, -0.2) is 29.7 Å². The first-order valence-electron chi connectivity index (χ1n) is 4.26. The van der Waals surface area contributed by atoms with Crippen molar-refractivity contribution in [2.24, 2.45) is 0 Å². The Morgan fingerprint density at radius 1 is 1.50 bits per heavy atom. The average molecular weight is 302 g/mol. The summed E-state index contributed by atoms with van der Waals surface area (Å²) in [5.74, 6) is 0. The average Bonchev–Trinajstić information content (AvgIpc) is 2.16. The molecule has 0 radical (unpaired) electrons. The van der Waals surface area contributed by atoms with Crippen molar-refractivity contribution in [2.45, 2.75) is 30.4 Å². The lowest BCUT2D eigenvalue weighted by atomic mass is 10.2. The Balaban J connectivity index is 2.05. The fourth-order valence-corrected chi connectivity index (χ4v) is 1.44. The van der Waals surface area contributed by atoms with Crippen LogP contribution in [0.4, 0.5) is 0 Å². The molecule has 1 heterocycles. The van der Waals surface area contributed by atoms with Crippen molar-refractivity contribution in [1.29, 1.82) is 0 Å². The normalized spacial score (nSPS) is 27.0. The summed E-state index contributed by atoms with van der Waals surface area (Å²) in [5.41, 5.74) is 0. The molecule has 1 saturated heterocycles. The highest BCUT2D eigenvalue weighted by molar-refractivity contribution is 9.12. The number of halogens is 2. The Morgan fingerprint density at radius 3 is 2.92 bits per heavy atom. The molecule has 0 spiro atoms. The molecule has 1 fully saturated rings. The zero-order chi connectivity index (χ0) is 8.81. The van der Waals surface area contributed by atoms with E-state index in [9.17, 15) is 0 Å². The minimum atomic E-state index is 0.0397. The van der Waals surface area contributed by atoms with Gasteiger partial charge in [0, 0.05) is 16.8 Å². The Kier molecular flexibility index (Phi) is 5.80. The summed E-state index contributed by atoms with van der Waals surface area (Å²) in [6.07, 6.45) is 3.49. The first kappa shape index (κ1) is 11.0. The van der Waals surface area contributed by atoms with E-state index in [-0.39, 0.29) is 6.29 Å². The van der Waals surface area contributed by atoms with Crippen LogP contribution in [0.1, 0.15) is 19.3 Å². The van der Waals surface area contributed by atoms with Gasteiger partial charge in [-0.05, 0) is 19.3 Å². The van der Waals surface area contributed by atoms with Gasteiger partial charge in [-0.25, -0.2) is 0 Å². The molecule has 0 aromatic rings. The minimum Gasteiger partial charge on any atom is -0.353 e. The molecule has 1 rings (SSSR count). The molecule has 12 heavy (non-hydrogen) atoms. The van der Waals surface area contributed by atoms with Gasteiger partial charge in [0.1, 0.15) is 0 Å². The lowest BCUT2D eigenvalue weighted by molar-refractivity contribution is -0.161. The molecular formula is C8H14Br2O2. The SMILES string of the molecule is BrCC(Br)COC1CCCCO1. The van der Waals surface area contributed by atoms with Crippen molar-refractivity contribution >= 4 is 31.9 Å². The van der Waals surface area contributed by atoms with Crippen molar-refractivity contribution in [1.82, 2.24) is 0 Å². The maximum absolute atomic E-state index is 5.54. The van der Waals surface area contributed by atoms with Crippen LogP contribution in [0.2, 0.25) is 0 Å². The quantitative estimate of drug-likeness (QED) is 0.743. The van der Waals surface area contributed by atoms with Gasteiger partial charge in [0.2, 0.25) is 0 Å². The molecule has 0 bridgehead atoms.